The molecule has 1 heterocycles. The molecule has 0 aliphatic heterocycles. The van der Waals surface area contributed by atoms with Gasteiger partial charge >= 0.3 is 0 Å². The van der Waals surface area contributed by atoms with Crippen LogP contribution in [0.1, 0.15) is 38.3 Å². The van der Waals surface area contributed by atoms with Gasteiger partial charge in [-0.25, -0.2) is 0 Å². The molecule has 3 nitrogen and oxygen atoms in total. The van der Waals surface area contributed by atoms with Gasteiger partial charge in [0.1, 0.15) is 0 Å². The number of hydrogen-bond donors (Lipinski definition) is 1. The van der Waals surface area contributed by atoms with Gasteiger partial charge in [-0.05, 0) is 19.4 Å². The fourth-order valence-electron chi connectivity index (χ4n) is 1.54. The Balaban J connectivity index is 2.58. The maximum atomic E-state index is 6.07. The molecule has 80 valence electrons. The summed E-state index contributed by atoms with van der Waals surface area (Å²) in [5.41, 5.74) is 7.08. The number of rotatable bonds is 6. The van der Waals surface area contributed by atoms with E-state index in [4.69, 9.17) is 14.9 Å². The maximum absolute atomic E-state index is 6.07. The molecular weight excluding hydrogens is 178 g/mol. The zero-order valence-electron chi connectivity index (χ0n) is 8.90. The Hall–Kier alpha value is -0.800. The summed E-state index contributed by atoms with van der Waals surface area (Å²) in [5, 5.41) is 0. The smallest absolute Gasteiger partial charge is 0.0951 e. The van der Waals surface area contributed by atoms with Gasteiger partial charge in [-0.1, -0.05) is 13.3 Å². The highest BCUT2D eigenvalue weighted by molar-refractivity contribution is 5.12. The van der Waals surface area contributed by atoms with E-state index in [1.54, 1.807) is 12.5 Å². The molecule has 0 aliphatic rings. The average molecular weight is 197 g/mol. The fourth-order valence-corrected chi connectivity index (χ4v) is 1.54. The summed E-state index contributed by atoms with van der Waals surface area (Å²) >= 11 is 0. The van der Waals surface area contributed by atoms with Crippen LogP contribution in [0.3, 0.4) is 0 Å². The molecular formula is C11H19NO2. The van der Waals surface area contributed by atoms with Crippen LogP contribution in [0.25, 0.3) is 0 Å². The van der Waals surface area contributed by atoms with E-state index < -0.39 is 0 Å². The number of hydrogen-bond acceptors (Lipinski definition) is 3. The predicted octanol–water partition coefficient (Wildman–Crippen LogP) is 2.48. The van der Waals surface area contributed by atoms with Crippen LogP contribution in [0.2, 0.25) is 0 Å². The third kappa shape index (κ3) is 2.86. The second-order valence-corrected chi connectivity index (χ2v) is 3.36. The Kier molecular flexibility index (Phi) is 4.70. The van der Waals surface area contributed by atoms with Gasteiger partial charge in [0, 0.05) is 12.2 Å². The summed E-state index contributed by atoms with van der Waals surface area (Å²) in [6.45, 7) is 4.83. The normalized spacial score (nSPS) is 15.4. The van der Waals surface area contributed by atoms with Gasteiger partial charge in [0.25, 0.3) is 0 Å². The van der Waals surface area contributed by atoms with Crippen molar-refractivity contribution in [1.82, 2.24) is 0 Å². The summed E-state index contributed by atoms with van der Waals surface area (Å²) in [7, 11) is 0. The maximum Gasteiger partial charge on any atom is 0.0951 e. The van der Waals surface area contributed by atoms with Crippen molar-refractivity contribution < 1.29 is 9.15 Å². The lowest BCUT2D eigenvalue weighted by molar-refractivity contribution is 0.0373. The summed E-state index contributed by atoms with van der Waals surface area (Å²) in [5.74, 6) is 0. The molecule has 2 N–H and O–H groups in total. The van der Waals surface area contributed by atoms with Gasteiger partial charge in [-0.3, -0.25) is 0 Å². The van der Waals surface area contributed by atoms with Crippen molar-refractivity contribution in [2.75, 3.05) is 6.61 Å². The Bertz CT molecular complexity index is 227. The van der Waals surface area contributed by atoms with Gasteiger partial charge in [-0.2, -0.15) is 0 Å². The van der Waals surface area contributed by atoms with Crippen LogP contribution in [0.5, 0.6) is 0 Å². The zero-order valence-corrected chi connectivity index (χ0v) is 8.90. The van der Waals surface area contributed by atoms with E-state index in [0.29, 0.717) is 6.61 Å². The molecule has 0 aromatic carbocycles. The zero-order chi connectivity index (χ0) is 10.4. The molecule has 2 atom stereocenters. The van der Waals surface area contributed by atoms with Crippen LogP contribution < -0.4 is 5.73 Å². The van der Waals surface area contributed by atoms with Crippen molar-refractivity contribution in [3.8, 4) is 0 Å². The Morgan fingerprint density at radius 1 is 1.50 bits per heavy atom. The Labute approximate surface area is 85.2 Å². The summed E-state index contributed by atoms with van der Waals surface area (Å²) in [6.07, 6.45) is 5.50. The number of ether oxygens (including phenoxy) is 1. The lowest BCUT2D eigenvalue weighted by Crippen LogP contribution is -2.28. The molecule has 0 spiro atoms. The fraction of sp³-hybridized carbons (Fsp3) is 0.636. The standard InChI is InChI=1S/C11H19NO2/c1-3-5-10(14-4-2)11(12)9-6-7-13-8-9/h6-8,10-11H,3-5,12H2,1-2H3. The largest absolute Gasteiger partial charge is 0.472 e. The first-order valence-electron chi connectivity index (χ1n) is 5.18. The van der Waals surface area contributed by atoms with E-state index >= 15 is 0 Å². The molecule has 0 bridgehead atoms. The average Bonchev–Trinajstić information content (AvgIpc) is 2.69. The molecule has 14 heavy (non-hydrogen) atoms. The van der Waals surface area contributed by atoms with Gasteiger partial charge < -0.3 is 14.9 Å². The van der Waals surface area contributed by atoms with Gasteiger partial charge in [0.05, 0.1) is 24.7 Å². The van der Waals surface area contributed by atoms with Crippen molar-refractivity contribution in [2.24, 2.45) is 5.73 Å². The third-order valence-electron chi connectivity index (χ3n) is 2.28. The predicted molar refractivity (Wildman–Crippen MR) is 56.0 cm³/mol. The third-order valence-corrected chi connectivity index (χ3v) is 2.28. The number of nitrogens with two attached hydrogens (primary N) is 1. The molecule has 2 unspecified atom stereocenters. The van der Waals surface area contributed by atoms with Crippen LogP contribution in [0, 0.1) is 0 Å². The van der Waals surface area contributed by atoms with E-state index in [-0.39, 0.29) is 12.1 Å². The Morgan fingerprint density at radius 3 is 2.79 bits per heavy atom. The first kappa shape index (κ1) is 11.3. The van der Waals surface area contributed by atoms with Gasteiger partial charge in [-0.15, -0.1) is 0 Å². The van der Waals surface area contributed by atoms with Crippen molar-refractivity contribution in [2.45, 2.75) is 38.8 Å². The van der Waals surface area contributed by atoms with Gasteiger partial charge in [0.15, 0.2) is 0 Å². The highest BCUT2D eigenvalue weighted by Crippen LogP contribution is 2.20. The molecule has 0 amide bonds. The summed E-state index contributed by atoms with van der Waals surface area (Å²) in [4.78, 5) is 0. The highest BCUT2D eigenvalue weighted by Gasteiger charge is 2.19. The van der Waals surface area contributed by atoms with Crippen LogP contribution >= 0.6 is 0 Å². The molecule has 0 saturated heterocycles. The first-order chi connectivity index (χ1) is 6.79. The molecule has 0 fully saturated rings. The van der Waals surface area contributed by atoms with Crippen LogP contribution in [0.4, 0.5) is 0 Å². The molecule has 1 aromatic rings. The molecule has 1 aromatic heterocycles. The number of furan rings is 1. The van der Waals surface area contributed by atoms with Crippen molar-refractivity contribution in [3.63, 3.8) is 0 Å². The molecule has 1 rings (SSSR count). The van der Waals surface area contributed by atoms with E-state index in [1.165, 1.54) is 0 Å². The van der Waals surface area contributed by atoms with Crippen LogP contribution in [-0.4, -0.2) is 12.7 Å². The van der Waals surface area contributed by atoms with Crippen molar-refractivity contribution >= 4 is 0 Å². The lowest BCUT2D eigenvalue weighted by atomic mass is 10.0. The lowest BCUT2D eigenvalue weighted by Gasteiger charge is -2.22. The molecule has 0 saturated carbocycles. The van der Waals surface area contributed by atoms with Crippen LogP contribution in [0.15, 0.2) is 23.0 Å². The molecule has 0 aliphatic carbocycles. The molecule has 3 heteroatoms. The van der Waals surface area contributed by atoms with E-state index in [2.05, 4.69) is 6.92 Å². The molecule has 0 radical (unpaired) electrons. The quantitative estimate of drug-likeness (QED) is 0.762. The minimum Gasteiger partial charge on any atom is -0.472 e. The van der Waals surface area contributed by atoms with Gasteiger partial charge in [0.2, 0.25) is 0 Å². The second kappa shape index (κ2) is 5.83. The first-order valence-corrected chi connectivity index (χ1v) is 5.18. The summed E-state index contributed by atoms with van der Waals surface area (Å²) < 4.78 is 10.6. The monoisotopic (exact) mass is 197 g/mol. The second-order valence-electron chi connectivity index (χ2n) is 3.36. The summed E-state index contributed by atoms with van der Waals surface area (Å²) in [6, 6.07) is 1.82. The minimum absolute atomic E-state index is 0.0753. The van der Waals surface area contributed by atoms with Crippen molar-refractivity contribution in [1.29, 1.82) is 0 Å². The van der Waals surface area contributed by atoms with Crippen LogP contribution in [-0.2, 0) is 4.74 Å². The van der Waals surface area contributed by atoms with E-state index in [1.807, 2.05) is 13.0 Å². The van der Waals surface area contributed by atoms with E-state index in [0.717, 1.165) is 18.4 Å². The topological polar surface area (TPSA) is 48.4 Å². The Morgan fingerprint density at radius 2 is 2.29 bits per heavy atom. The van der Waals surface area contributed by atoms with Crippen molar-refractivity contribution in [3.05, 3.63) is 24.2 Å². The highest BCUT2D eigenvalue weighted by atomic mass is 16.5. The SMILES string of the molecule is CCCC(OCC)C(N)c1ccoc1. The minimum atomic E-state index is -0.0753. The van der Waals surface area contributed by atoms with E-state index in [9.17, 15) is 0 Å².